The second kappa shape index (κ2) is 7.81. The Morgan fingerprint density at radius 1 is 1.06 bits per heavy atom. The molecule has 3 aromatic rings. The molecule has 32 heavy (non-hydrogen) atoms. The first-order valence-corrected chi connectivity index (χ1v) is 11.8. The van der Waals surface area contributed by atoms with Crippen molar-refractivity contribution in [3.8, 4) is 5.75 Å². The minimum absolute atomic E-state index is 0.0410. The lowest BCUT2D eigenvalue weighted by Crippen LogP contribution is -2.50. The summed E-state index contributed by atoms with van der Waals surface area (Å²) in [7, 11) is 0. The summed E-state index contributed by atoms with van der Waals surface area (Å²) in [6, 6.07) is 16.5. The van der Waals surface area contributed by atoms with Crippen molar-refractivity contribution in [1.82, 2.24) is 14.5 Å². The van der Waals surface area contributed by atoms with E-state index in [1.807, 2.05) is 43.8 Å². The van der Waals surface area contributed by atoms with Gasteiger partial charge in [0.15, 0.2) is 5.69 Å². The van der Waals surface area contributed by atoms with Crippen LogP contribution < -0.4 is 5.56 Å². The van der Waals surface area contributed by atoms with Crippen LogP contribution in [0.2, 0.25) is 0 Å². The van der Waals surface area contributed by atoms with Crippen molar-refractivity contribution in [2.24, 2.45) is 0 Å². The van der Waals surface area contributed by atoms with E-state index in [0.29, 0.717) is 12.4 Å². The molecule has 1 N–H and O–H groups in total. The highest BCUT2D eigenvalue weighted by atomic mass is 32.2. The summed E-state index contributed by atoms with van der Waals surface area (Å²) < 4.78 is 1.80. The maximum Gasteiger partial charge on any atom is 0.315 e. The fraction of sp³-hybridized carbons (Fsp3) is 0.320. The lowest BCUT2D eigenvalue weighted by molar-refractivity contribution is 0.0582. The van der Waals surface area contributed by atoms with Gasteiger partial charge in [-0.25, -0.2) is 0 Å². The number of fused-ring (bicyclic) bond motifs is 3. The summed E-state index contributed by atoms with van der Waals surface area (Å²) in [5, 5.41) is 10.7. The van der Waals surface area contributed by atoms with Gasteiger partial charge in [-0.3, -0.25) is 9.59 Å². The maximum atomic E-state index is 13.3. The number of amides is 1. The number of benzene rings is 2. The van der Waals surface area contributed by atoms with Crippen molar-refractivity contribution in [3.05, 3.63) is 87.1 Å². The van der Waals surface area contributed by atoms with Crippen molar-refractivity contribution >= 4 is 17.7 Å². The molecule has 2 aromatic carbocycles. The highest BCUT2D eigenvalue weighted by Crippen LogP contribution is 2.47. The van der Waals surface area contributed by atoms with E-state index in [1.54, 1.807) is 16.4 Å². The van der Waals surface area contributed by atoms with Crippen LogP contribution in [0.5, 0.6) is 5.75 Å². The van der Waals surface area contributed by atoms with E-state index in [4.69, 9.17) is 0 Å². The Balaban J connectivity index is 1.82. The summed E-state index contributed by atoms with van der Waals surface area (Å²) in [6.45, 7) is 6.11. The molecular formula is C25H25N3O3S. The number of hydrogen-bond donors (Lipinski definition) is 1. The van der Waals surface area contributed by atoms with Gasteiger partial charge in [-0.2, -0.15) is 4.98 Å². The zero-order valence-electron chi connectivity index (χ0n) is 18.3. The zero-order valence-corrected chi connectivity index (χ0v) is 19.1. The second-order valence-corrected chi connectivity index (χ2v) is 9.67. The molecule has 0 saturated heterocycles. The van der Waals surface area contributed by atoms with Crippen LogP contribution in [0.4, 0.5) is 0 Å². The van der Waals surface area contributed by atoms with Gasteiger partial charge in [0.1, 0.15) is 5.82 Å². The molecule has 6 nitrogen and oxygen atoms in total. The molecule has 0 aliphatic carbocycles. The van der Waals surface area contributed by atoms with Gasteiger partial charge in [0.2, 0.25) is 5.75 Å². The Kier molecular flexibility index (Phi) is 5.08. The van der Waals surface area contributed by atoms with Crippen molar-refractivity contribution in [2.45, 2.75) is 49.4 Å². The Hall–Kier alpha value is -3.06. The van der Waals surface area contributed by atoms with Crippen LogP contribution in [0.1, 0.15) is 58.8 Å². The number of carbonyl (C=O) groups is 1. The summed E-state index contributed by atoms with van der Waals surface area (Å²) >= 11 is 1.81. The van der Waals surface area contributed by atoms with E-state index in [-0.39, 0.29) is 29.6 Å². The average Bonchev–Trinajstić information content (AvgIpc) is 2.94. The molecule has 2 atom stereocenters. The summed E-state index contributed by atoms with van der Waals surface area (Å²) in [6.07, 6.45) is 0. The fourth-order valence-electron chi connectivity index (χ4n) is 5.02. The predicted molar refractivity (Wildman–Crippen MR) is 124 cm³/mol. The van der Waals surface area contributed by atoms with Crippen LogP contribution in [-0.4, -0.2) is 38.1 Å². The SMILES string of the molecule is Cc1nc(=O)c(O)c2n1[C@H]([C@H]1c3ccccc3CSc3ccccc31)CN(C(C)C)C2=O. The van der Waals surface area contributed by atoms with Crippen LogP contribution in [0.25, 0.3) is 0 Å². The van der Waals surface area contributed by atoms with E-state index >= 15 is 0 Å². The molecule has 0 unspecified atom stereocenters. The van der Waals surface area contributed by atoms with Gasteiger partial charge in [0.05, 0.1) is 6.04 Å². The van der Waals surface area contributed by atoms with E-state index in [1.165, 1.54) is 21.6 Å². The van der Waals surface area contributed by atoms with Crippen LogP contribution >= 0.6 is 11.8 Å². The quantitative estimate of drug-likeness (QED) is 0.640. The Labute approximate surface area is 190 Å². The number of aromatic nitrogens is 2. The summed E-state index contributed by atoms with van der Waals surface area (Å²) in [4.78, 5) is 32.7. The standard InChI is InChI=1S/C25H25N3O3S/c1-14(2)27-12-19(28-15(3)26-24(30)23(29)22(28)25(27)31)21-17-9-5-4-8-16(17)13-32-20-11-7-6-10-18(20)21/h4-11,14,19,21,29H,12-13H2,1-3H3/t19-,21-/m0/s1. The van der Waals surface area contributed by atoms with Crippen molar-refractivity contribution in [2.75, 3.05) is 6.54 Å². The monoisotopic (exact) mass is 447 g/mol. The van der Waals surface area contributed by atoms with E-state index in [9.17, 15) is 14.7 Å². The third-order valence-electron chi connectivity index (χ3n) is 6.49. The Morgan fingerprint density at radius 2 is 1.75 bits per heavy atom. The third kappa shape index (κ3) is 3.14. The molecule has 1 amide bonds. The van der Waals surface area contributed by atoms with Crippen molar-refractivity contribution < 1.29 is 9.90 Å². The average molecular weight is 448 g/mol. The van der Waals surface area contributed by atoms with E-state index in [0.717, 1.165) is 5.75 Å². The summed E-state index contributed by atoms with van der Waals surface area (Å²) in [5.74, 6) is 0.341. The van der Waals surface area contributed by atoms with Gasteiger partial charge in [0, 0.05) is 29.2 Å². The number of hydrogen-bond acceptors (Lipinski definition) is 5. The number of aryl methyl sites for hydroxylation is 1. The van der Waals surface area contributed by atoms with Gasteiger partial charge in [-0.1, -0.05) is 42.5 Å². The number of rotatable bonds is 2. The fourth-order valence-corrected chi connectivity index (χ4v) is 6.13. The predicted octanol–water partition coefficient (Wildman–Crippen LogP) is 4.10. The molecule has 0 bridgehead atoms. The van der Waals surface area contributed by atoms with Crippen molar-refractivity contribution in [1.29, 1.82) is 0 Å². The van der Waals surface area contributed by atoms with Crippen LogP contribution in [0.15, 0.2) is 58.2 Å². The molecule has 5 rings (SSSR count). The molecule has 0 fully saturated rings. The van der Waals surface area contributed by atoms with Gasteiger partial charge in [-0.05, 0) is 43.5 Å². The molecular weight excluding hydrogens is 422 g/mol. The molecule has 2 aliphatic heterocycles. The number of thioether (sulfide) groups is 1. The van der Waals surface area contributed by atoms with Crippen LogP contribution in [0, 0.1) is 6.92 Å². The highest BCUT2D eigenvalue weighted by Gasteiger charge is 2.42. The minimum Gasteiger partial charge on any atom is -0.501 e. The molecule has 0 saturated carbocycles. The Morgan fingerprint density at radius 3 is 2.50 bits per heavy atom. The van der Waals surface area contributed by atoms with Crippen LogP contribution in [-0.2, 0) is 5.75 Å². The van der Waals surface area contributed by atoms with E-state index < -0.39 is 11.3 Å². The highest BCUT2D eigenvalue weighted by molar-refractivity contribution is 7.98. The number of aromatic hydroxyl groups is 1. The third-order valence-corrected chi connectivity index (χ3v) is 7.63. The molecule has 164 valence electrons. The first kappa shape index (κ1) is 20.8. The number of carbonyl (C=O) groups excluding carboxylic acids is 1. The van der Waals surface area contributed by atoms with Gasteiger partial charge < -0.3 is 14.6 Å². The van der Waals surface area contributed by atoms with Gasteiger partial charge >= 0.3 is 5.56 Å². The second-order valence-electron chi connectivity index (χ2n) is 8.65. The maximum absolute atomic E-state index is 13.3. The van der Waals surface area contributed by atoms with E-state index in [2.05, 4.69) is 35.3 Å². The molecule has 2 aliphatic rings. The Bertz CT molecular complexity index is 1240. The van der Waals surface area contributed by atoms with Gasteiger partial charge in [0.25, 0.3) is 5.91 Å². The lowest BCUT2D eigenvalue weighted by atomic mass is 9.81. The lowest BCUT2D eigenvalue weighted by Gasteiger charge is -2.42. The van der Waals surface area contributed by atoms with Gasteiger partial charge in [-0.15, -0.1) is 11.8 Å². The molecule has 1 aromatic heterocycles. The largest absolute Gasteiger partial charge is 0.501 e. The normalized spacial score (nSPS) is 19.9. The van der Waals surface area contributed by atoms with Crippen molar-refractivity contribution in [3.63, 3.8) is 0 Å². The molecule has 0 spiro atoms. The molecule has 7 heteroatoms. The first-order chi connectivity index (χ1) is 15.4. The summed E-state index contributed by atoms with van der Waals surface area (Å²) in [5.41, 5.74) is 2.93. The smallest absolute Gasteiger partial charge is 0.315 e. The van der Waals surface area contributed by atoms with Crippen LogP contribution in [0.3, 0.4) is 0 Å². The number of nitrogens with zero attached hydrogens (tertiary/aromatic N) is 3. The first-order valence-electron chi connectivity index (χ1n) is 10.8. The minimum atomic E-state index is -0.760. The topological polar surface area (TPSA) is 75.4 Å². The zero-order chi connectivity index (χ0) is 22.6. The molecule has 3 heterocycles. The molecule has 0 radical (unpaired) electrons.